The first-order valence-electron chi connectivity index (χ1n) is 8.97. The summed E-state index contributed by atoms with van der Waals surface area (Å²) in [6, 6.07) is 15.4. The molecule has 0 saturated heterocycles. The number of ether oxygens (including phenoxy) is 2. The second-order valence-corrected chi connectivity index (χ2v) is 7.02. The summed E-state index contributed by atoms with van der Waals surface area (Å²) >= 11 is 11.6. The third-order valence-corrected chi connectivity index (χ3v) is 4.29. The number of nitrogens with one attached hydrogen (secondary N) is 1. The molecule has 0 aromatic heterocycles. The van der Waals surface area contributed by atoms with Gasteiger partial charge in [0.15, 0.2) is 4.84 Å². The van der Waals surface area contributed by atoms with E-state index >= 15 is 0 Å². The van der Waals surface area contributed by atoms with Crippen LogP contribution < -0.4 is 15.8 Å². The zero-order valence-corrected chi connectivity index (χ0v) is 17.4. The highest BCUT2D eigenvalue weighted by Gasteiger charge is 2.29. The van der Waals surface area contributed by atoms with Gasteiger partial charge >= 0.3 is 6.03 Å². The number of carbonyl (C=O) groups excluding carboxylic acids is 2. The van der Waals surface area contributed by atoms with Crippen molar-refractivity contribution >= 4 is 35.1 Å². The van der Waals surface area contributed by atoms with Gasteiger partial charge in [-0.25, -0.2) is 4.79 Å². The molecule has 7 nitrogen and oxygen atoms in total. The van der Waals surface area contributed by atoms with Gasteiger partial charge in [-0.3, -0.25) is 4.79 Å². The number of hydrogen-bond donors (Lipinski definition) is 2. The number of amides is 3. The van der Waals surface area contributed by atoms with Crippen LogP contribution in [0.1, 0.15) is 18.7 Å². The quantitative estimate of drug-likeness (QED) is 0.334. The van der Waals surface area contributed by atoms with Gasteiger partial charge in [0.1, 0.15) is 17.7 Å². The van der Waals surface area contributed by atoms with Crippen LogP contribution in [-0.4, -0.2) is 41.4 Å². The SMILES string of the molecule is CCOCCN(C(=O)C(Cl)Cl)C(NC(N)=O)c1ccc(Oc2ccccc2)cc1. The predicted octanol–water partition coefficient (Wildman–Crippen LogP) is 3.81. The first-order chi connectivity index (χ1) is 13.9. The molecule has 2 aromatic carbocycles. The number of nitrogens with two attached hydrogens (primary N) is 1. The van der Waals surface area contributed by atoms with Gasteiger partial charge in [0.25, 0.3) is 5.91 Å². The summed E-state index contributed by atoms with van der Waals surface area (Å²) in [4.78, 5) is 24.1. The molecule has 0 aliphatic carbocycles. The standard InChI is InChI=1S/C20H23Cl2N3O4/c1-2-28-13-12-25(19(26)17(21)22)18(24-20(23)27)14-8-10-16(11-9-14)29-15-6-4-3-5-7-15/h3-11,17-18H,2,12-13H2,1H3,(H3,23,24,27). The third kappa shape index (κ3) is 7.12. The van der Waals surface area contributed by atoms with E-state index in [9.17, 15) is 9.59 Å². The lowest BCUT2D eigenvalue weighted by molar-refractivity contribution is -0.133. The van der Waals surface area contributed by atoms with Crippen LogP contribution in [0.5, 0.6) is 11.5 Å². The average Bonchev–Trinajstić information content (AvgIpc) is 2.70. The van der Waals surface area contributed by atoms with E-state index in [1.807, 2.05) is 37.3 Å². The lowest BCUT2D eigenvalue weighted by atomic mass is 10.1. The van der Waals surface area contributed by atoms with Gasteiger partial charge < -0.3 is 25.4 Å². The first kappa shape index (κ1) is 22.8. The molecule has 0 bridgehead atoms. The Labute approximate surface area is 179 Å². The van der Waals surface area contributed by atoms with Gasteiger partial charge in [0.05, 0.1) is 6.61 Å². The van der Waals surface area contributed by atoms with Gasteiger partial charge in [-0.15, -0.1) is 0 Å². The Hall–Kier alpha value is -2.48. The Bertz CT molecular complexity index is 788. The summed E-state index contributed by atoms with van der Waals surface area (Å²) in [7, 11) is 0. The molecule has 0 aliphatic heterocycles. The first-order valence-corrected chi connectivity index (χ1v) is 9.85. The van der Waals surface area contributed by atoms with Gasteiger partial charge in [-0.05, 0) is 36.8 Å². The predicted molar refractivity (Wildman–Crippen MR) is 112 cm³/mol. The third-order valence-electron chi connectivity index (χ3n) is 3.92. The van der Waals surface area contributed by atoms with Crippen molar-refractivity contribution < 1.29 is 19.1 Å². The molecule has 0 spiro atoms. The van der Waals surface area contributed by atoms with Crippen LogP contribution in [-0.2, 0) is 9.53 Å². The van der Waals surface area contributed by atoms with Crippen LogP contribution in [0.3, 0.4) is 0 Å². The number of urea groups is 1. The van der Waals surface area contributed by atoms with Crippen molar-refractivity contribution in [2.45, 2.75) is 17.9 Å². The summed E-state index contributed by atoms with van der Waals surface area (Å²) in [5, 5.41) is 2.56. The number of hydrogen-bond acceptors (Lipinski definition) is 4. The lowest BCUT2D eigenvalue weighted by Gasteiger charge is -2.32. The van der Waals surface area contributed by atoms with Crippen molar-refractivity contribution in [2.24, 2.45) is 5.73 Å². The maximum absolute atomic E-state index is 12.5. The minimum absolute atomic E-state index is 0.163. The van der Waals surface area contributed by atoms with Crippen LogP contribution in [0.15, 0.2) is 54.6 Å². The number of para-hydroxylation sites is 1. The van der Waals surface area contributed by atoms with E-state index in [0.29, 0.717) is 23.7 Å². The molecule has 2 rings (SSSR count). The molecule has 29 heavy (non-hydrogen) atoms. The largest absolute Gasteiger partial charge is 0.457 e. The highest BCUT2D eigenvalue weighted by Crippen LogP contribution is 2.26. The van der Waals surface area contributed by atoms with E-state index in [-0.39, 0.29) is 13.2 Å². The van der Waals surface area contributed by atoms with Crippen molar-refractivity contribution in [3.05, 3.63) is 60.2 Å². The van der Waals surface area contributed by atoms with Crippen molar-refractivity contribution in [2.75, 3.05) is 19.8 Å². The zero-order chi connectivity index (χ0) is 21.2. The van der Waals surface area contributed by atoms with Crippen molar-refractivity contribution in [1.29, 1.82) is 0 Å². The van der Waals surface area contributed by atoms with Crippen LogP contribution in [0.4, 0.5) is 4.79 Å². The van der Waals surface area contributed by atoms with E-state index in [2.05, 4.69) is 5.32 Å². The molecular formula is C20H23Cl2N3O4. The monoisotopic (exact) mass is 439 g/mol. The van der Waals surface area contributed by atoms with Crippen molar-refractivity contribution in [3.8, 4) is 11.5 Å². The summed E-state index contributed by atoms with van der Waals surface area (Å²) < 4.78 is 11.1. The maximum atomic E-state index is 12.5. The topological polar surface area (TPSA) is 93.9 Å². The molecule has 156 valence electrons. The van der Waals surface area contributed by atoms with Gasteiger partial charge in [0, 0.05) is 13.2 Å². The molecule has 0 radical (unpaired) electrons. The molecule has 0 fully saturated rings. The summed E-state index contributed by atoms with van der Waals surface area (Å²) in [5.41, 5.74) is 5.92. The molecular weight excluding hydrogens is 417 g/mol. The summed E-state index contributed by atoms with van der Waals surface area (Å²) in [6.07, 6.45) is -0.869. The Morgan fingerprint density at radius 1 is 1.07 bits per heavy atom. The zero-order valence-electron chi connectivity index (χ0n) is 15.9. The molecule has 0 saturated carbocycles. The minimum Gasteiger partial charge on any atom is -0.457 e. The fourth-order valence-corrected chi connectivity index (χ4v) is 2.87. The maximum Gasteiger partial charge on any atom is 0.314 e. The lowest BCUT2D eigenvalue weighted by Crippen LogP contribution is -2.49. The number of halogens is 2. The fraction of sp³-hybridized carbons (Fsp3) is 0.300. The van der Waals surface area contributed by atoms with Gasteiger partial charge in [0.2, 0.25) is 0 Å². The fourth-order valence-electron chi connectivity index (χ4n) is 2.62. The smallest absolute Gasteiger partial charge is 0.314 e. The average molecular weight is 440 g/mol. The Morgan fingerprint density at radius 2 is 1.69 bits per heavy atom. The van der Waals surface area contributed by atoms with Crippen molar-refractivity contribution in [3.63, 3.8) is 0 Å². The summed E-state index contributed by atoms with van der Waals surface area (Å²) in [5.74, 6) is 0.710. The molecule has 1 atom stereocenters. The van der Waals surface area contributed by atoms with E-state index < -0.39 is 22.9 Å². The van der Waals surface area contributed by atoms with Crippen LogP contribution in [0.25, 0.3) is 0 Å². The molecule has 2 aromatic rings. The van der Waals surface area contributed by atoms with E-state index in [1.165, 1.54) is 4.90 Å². The Kier molecular flexibility index (Phi) is 9.05. The second-order valence-electron chi connectivity index (χ2n) is 5.92. The Morgan fingerprint density at radius 3 is 2.24 bits per heavy atom. The van der Waals surface area contributed by atoms with Crippen LogP contribution >= 0.6 is 23.2 Å². The number of alkyl halides is 2. The second kappa shape index (κ2) is 11.5. The highest BCUT2D eigenvalue weighted by molar-refractivity contribution is 6.53. The number of benzene rings is 2. The van der Waals surface area contributed by atoms with E-state index in [0.717, 1.165) is 0 Å². The number of rotatable bonds is 10. The van der Waals surface area contributed by atoms with Crippen LogP contribution in [0, 0.1) is 0 Å². The number of primary amides is 1. The van der Waals surface area contributed by atoms with Gasteiger partial charge in [-0.1, -0.05) is 53.5 Å². The number of carbonyl (C=O) groups is 2. The normalized spacial score (nSPS) is 11.7. The van der Waals surface area contributed by atoms with E-state index in [1.54, 1.807) is 24.3 Å². The highest BCUT2D eigenvalue weighted by atomic mass is 35.5. The molecule has 0 heterocycles. The molecule has 0 aliphatic rings. The minimum atomic E-state index is -1.30. The summed E-state index contributed by atoms with van der Waals surface area (Å²) in [6.45, 7) is 2.72. The molecule has 3 N–H and O–H groups in total. The number of nitrogens with zero attached hydrogens (tertiary/aromatic N) is 1. The Balaban J connectivity index is 2.25. The van der Waals surface area contributed by atoms with Gasteiger partial charge in [-0.2, -0.15) is 0 Å². The van der Waals surface area contributed by atoms with Crippen LogP contribution in [0.2, 0.25) is 0 Å². The molecule has 3 amide bonds. The van der Waals surface area contributed by atoms with Crippen molar-refractivity contribution in [1.82, 2.24) is 10.2 Å². The molecule has 9 heteroatoms. The molecule has 1 unspecified atom stereocenters. The van der Waals surface area contributed by atoms with E-state index in [4.69, 9.17) is 38.4 Å².